The van der Waals surface area contributed by atoms with E-state index in [1.165, 1.54) is 25.5 Å². The van der Waals surface area contributed by atoms with Gasteiger partial charge in [0.25, 0.3) is 0 Å². The zero-order valence-corrected chi connectivity index (χ0v) is 11.6. The van der Waals surface area contributed by atoms with Crippen LogP contribution >= 0.6 is 0 Å². The van der Waals surface area contributed by atoms with E-state index in [-0.39, 0.29) is 22.9 Å². The van der Waals surface area contributed by atoms with Gasteiger partial charge in [-0.1, -0.05) is 6.42 Å². The highest BCUT2D eigenvalue weighted by atomic mass is 16.5. The van der Waals surface area contributed by atoms with Crippen molar-refractivity contribution in [3.05, 3.63) is 23.3 Å². The van der Waals surface area contributed by atoms with E-state index in [2.05, 4.69) is 0 Å². The van der Waals surface area contributed by atoms with Gasteiger partial charge in [-0.05, 0) is 38.7 Å². The molecule has 1 aromatic carbocycles. The lowest BCUT2D eigenvalue weighted by molar-refractivity contribution is 0.0135. The molecule has 1 aliphatic heterocycles. The fourth-order valence-corrected chi connectivity index (χ4v) is 3.29. The molecule has 1 N–H and O–H groups in total. The Bertz CT molecular complexity index is 582. The summed E-state index contributed by atoms with van der Waals surface area (Å²) in [5.74, 6) is 0.0641. The second-order valence-corrected chi connectivity index (χ2v) is 5.87. The number of phenolic OH excluding ortho intramolecular Hbond substituents is 1. The molecule has 1 aliphatic carbocycles. The van der Waals surface area contributed by atoms with Crippen LogP contribution in [-0.2, 0) is 0 Å². The van der Waals surface area contributed by atoms with E-state index in [9.17, 15) is 14.7 Å². The summed E-state index contributed by atoms with van der Waals surface area (Å²) in [6.45, 7) is 1.37. The van der Waals surface area contributed by atoms with Crippen LogP contribution in [0.25, 0.3) is 0 Å². The minimum atomic E-state index is -0.396. The summed E-state index contributed by atoms with van der Waals surface area (Å²) in [4.78, 5) is 23.8. The topological polar surface area (TPSA) is 63.6 Å². The maximum atomic E-state index is 12.4. The van der Waals surface area contributed by atoms with Gasteiger partial charge in [-0.3, -0.25) is 9.59 Å². The summed E-state index contributed by atoms with van der Waals surface area (Å²) in [6, 6.07) is 2.88. The van der Waals surface area contributed by atoms with Gasteiger partial charge in [-0.15, -0.1) is 0 Å². The molecule has 106 valence electrons. The third kappa shape index (κ3) is 2.09. The molecule has 0 bridgehead atoms. The van der Waals surface area contributed by atoms with Gasteiger partial charge in [-0.2, -0.15) is 0 Å². The highest BCUT2D eigenvalue weighted by Crippen LogP contribution is 2.43. The number of ketones is 2. The van der Waals surface area contributed by atoms with Gasteiger partial charge in [0.15, 0.2) is 11.6 Å². The normalized spacial score (nSPS) is 20.4. The molecular weight excluding hydrogens is 256 g/mol. The number of Topliss-reactive ketones (excluding diaryl/α,β-unsaturated/α-hetero) is 2. The summed E-state index contributed by atoms with van der Waals surface area (Å²) in [7, 11) is 0. The van der Waals surface area contributed by atoms with E-state index in [0.717, 1.165) is 25.7 Å². The first-order chi connectivity index (χ1) is 9.51. The Morgan fingerprint density at radius 1 is 1.25 bits per heavy atom. The molecule has 0 aromatic heterocycles. The molecule has 20 heavy (non-hydrogen) atoms. The number of carbonyl (C=O) groups excluding carboxylic acids is 2. The number of ether oxygens (including phenoxy) is 1. The second kappa shape index (κ2) is 4.62. The lowest BCUT2D eigenvalue weighted by Gasteiger charge is -2.40. The Kier molecular flexibility index (Phi) is 3.04. The predicted octanol–water partition coefficient (Wildman–Crippen LogP) is 3.26. The maximum Gasteiger partial charge on any atom is 0.170 e. The van der Waals surface area contributed by atoms with Crippen LogP contribution in [0, 0.1) is 0 Å². The standard InChI is InChI=1S/C16H18O4/c1-10(17)11-7-12-14(19)9-16(5-3-2-4-6-16)20-15(12)8-13(11)18/h7-8,18H,2-6,9H2,1H3. The van der Waals surface area contributed by atoms with Gasteiger partial charge in [-0.25, -0.2) is 0 Å². The fourth-order valence-electron chi connectivity index (χ4n) is 3.29. The Balaban J connectivity index is 2.02. The summed E-state index contributed by atoms with van der Waals surface area (Å²) < 4.78 is 6.05. The quantitative estimate of drug-likeness (QED) is 0.798. The van der Waals surface area contributed by atoms with Crippen molar-refractivity contribution in [3.8, 4) is 11.5 Å². The molecule has 0 atom stereocenters. The van der Waals surface area contributed by atoms with Crippen molar-refractivity contribution in [2.24, 2.45) is 0 Å². The Morgan fingerprint density at radius 3 is 2.60 bits per heavy atom. The number of phenols is 1. The van der Waals surface area contributed by atoms with E-state index in [1.54, 1.807) is 0 Å². The average Bonchev–Trinajstić information content (AvgIpc) is 2.38. The third-order valence-corrected chi connectivity index (χ3v) is 4.35. The van der Waals surface area contributed by atoms with Gasteiger partial charge in [0.1, 0.15) is 17.1 Å². The molecule has 2 aliphatic rings. The van der Waals surface area contributed by atoms with Crippen LogP contribution in [0.2, 0.25) is 0 Å². The van der Waals surface area contributed by atoms with E-state index in [0.29, 0.717) is 17.7 Å². The molecule has 1 aromatic rings. The van der Waals surface area contributed by atoms with Crippen LogP contribution in [0.4, 0.5) is 0 Å². The number of benzene rings is 1. The zero-order chi connectivity index (χ0) is 14.3. The summed E-state index contributed by atoms with van der Waals surface area (Å²) in [6.07, 6.45) is 5.46. The van der Waals surface area contributed by atoms with E-state index in [4.69, 9.17) is 4.74 Å². The van der Waals surface area contributed by atoms with Crippen molar-refractivity contribution in [1.29, 1.82) is 0 Å². The minimum absolute atomic E-state index is 0.00986. The third-order valence-electron chi connectivity index (χ3n) is 4.35. The Labute approximate surface area is 117 Å². The molecule has 4 heteroatoms. The molecule has 1 fully saturated rings. The van der Waals surface area contributed by atoms with Crippen LogP contribution in [0.15, 0.2) is 12.1 Å². The van der Waals surface area contributed by atoms with Crippen LogP contribution < -0.4 is 4.74 Å². The van der Waals surface area contributed by atoms with Crippen molar-refractivity contribution in [1.82, 2.24) is 0 Å². The smallest absolute Gasteiger partial charge is 0.170 e. The first-order valence-electron chi connectivity index (χ1n) is 7.11. The van der Waals surface area contributed by atoms with Gasteiger partial charge in [0.05, 0.1) is 17.5 Å². The van der Waals surface area contributed by atoms with E-state index in [1.807, 2.05) is 0 Å². The molecule has 0 unspecified atom stereocenters. The minimum Gasteiger partial charge on any atom is -0.507 e. The van der Waals surface area contributed by atoms with Gasteiger partial charge in [0.2, 0.25) is 0 Å². The van der Waals surface area contributed by atoms with E-state index < -0.39 is 5.60 Å². The fraction of sp³-hybridized carbons (Fsp3) is 0.500. The molecule has 1 saturated carbocycles. The average molecular weight is 274 g/mol. The van der Waals surface area contributed by atoms with Gasteiger partial charge >= 0.3 is 0 Å². The summed E-state index contributed by atoms with van der Waals surface area (Å²) >= 11 is 0. The van der Waals surface area contributed by atoms with Crippen molar-refractivity contribution < 1.29 is 19.4 Å². The summed E-state index contributed by atoms with van der Waals surface area (Å²) in [5, 5.41) is 9.90. The highest BCUT2D eigenvalue weighted by molar-refractivity contribution is 6.05. The molecule has 4 nitrogen and oxygen atoms in total. The number of aromatic hydroxyl groups is 1. The lowest BCUT2D eigenvalue weighted by atomic mass is 9.78. The molecule has 0 saturated heterocycles. The van der Waals surface area contributed by atoms with E-state index >= 15 is 0 Å². The van der Waals surface area contributed by atoms with Gasteiger partial charge in [0, 0.05) is 6.07 Å². The number of fused-ring (bicyclic) bond motifs is 1. The number of rotatable bonds is 1. The number of hydrogen-bond donors (Lipinski definition) is 1. The molecule has 1 spiro atoms. The predicted molar refractivity (Wildman–Crippen MR) is 73.5 cm³/mol. The van der Waals surface area contributed by atoms with Crippen molar-refractivity contribution >= 4 is 11.6 Å². The number of carbonyl (C=O) groups is 2. The maximum absolute atomic E-state index is 12.4. The Morgan fingerprint density at radius 2 is 1.95 bits per heavy atom. The molecule has 3 rings (SSSR count). The first kappa shape index (κ1) is 13.2. The monoisotopic (exact) mass is 274 g/mol. The number of hydrogen-bond acceptors (Lipinski definition) is 4. The lowest BCUT2D eigenvalue weighted by Crippen LogP contribution is -2.43. The van der Waals surface area contributed by atoms with Crippen LogP contribution in [0.1, 0.15) is 66.2 Å². The second-order valence-electron chi connectivity index (χ2n) is 5.87. The summed E-state index contributed by atoms with van der Waals surface area (Å²) in [5.41, 5.74) is 0.205. The highest BCUT2D eigenvalue weighted by Gasteiger charge is 2.41. The zero-order valence-electron chi connectivity index (χ0n) is 11.6. The Hall–Kier alpha value is -1.84. The molecular formula is C16H18O4. The SMILES string of the molecule is CC(=O)c1cc2c(cc1O)OC1(CCCCC1)CC2=O. The molecule has 0 radical (unpaired) electrons. The van der Waals surface area contributed by atoms with Crippen LogP contribution in [0.5, 0.6) is 11.5 Å². The molecule has 0 amide bonds. The molecule has 1 heterocycles. The first-order valence-corrected chi connectivity index (χ1v) is 7.11. The van der Waals surface area contributed by atoms with Crippen LogP contribution in [-0.4, -0.2) is 22.3 Å². The largest absolute Gasteiger partial charge is 0.507 e. The van der Waals surface area contributed by atoms with Gasteiger partial charge < -0.3 is 9.84 Å². The van der Waals surface area contributed by atoms with Crippen LogP contribution in [0.3, 0.4) is 0 Å². The van der Waals surface area contributed by atoms with Crippen molar-refractivity contribution in [3.63, 3.8) is 0 Å². The van der Waals surface area contributed by atoms with Crippen molar-refractivity contribution in [2.45, 2.75) is 51.0 Å². The van der Waals surface area contributed by atoms with Crippen molar-refractivity contribution in [2.75, 3.05) is 0 Å².